The Labute approximate surface area is 66.4 Å². The maximum atomic E-state index is 13.0. The second-order valence-corrected chi connectivity index (χ2v) is 2.36. The van der Waals surface area contributed by atoms with Crippen molar-refractivity contribution in [1.82, 2.24) is 9.38 Å². The third-order valence-electron chi connectivity index (χ3n) is 1.61. The Morgan fingerprint density at radius 2 is 2.17 bits per heavy atom. The van der Waals surface area contributed by atoms with Crippen LogP contribution in [0, 0.1) is 11.6 Å². The van der Waals surface area contributed by atoms with Crippen LogP contribution in [0.1, 0.15) is 0 Å². The monoisotopic (exact) mass is 169 g/mol. The van der Waals surface area contributed by atoms with Crippen LogP contribution in [0.25, 0.3) is 5.65 Å². The zero-order valence-electron chi connectivity index (χ0n) is 5.96. The van der Waals surface area contributed by atoms with Gasteiger partial charge in [0, 0.05) is 18.6 Å². The highest BCUT2D eigenvalue weighted by Gasteiger charge is 2.10. The summed E-state index contributed by atoms with van der Waals surface area (Å²) in [6, 6.07) is 0. The highest BCUT2D eigenvalue weighted by Crippen LogP contribution is 2.17. The van der Waals surface area contributed by atoms with Crippen LogP contribution >= 0.6 is 0 Å². The van der Waals surface area contributed by atoms with E-state index in [0.717, 1.165) is 6.20 Å². The van der Waals surface area contributed by atoms with E-state index in [-0.39, 0.29) is 5.65 Å². The molecule has 0 aliphatic rings. The van der Waals surface area contributed by atoms with E-state index in [2.05, 4.69) is 4.98 Å². The molecule has 0 aliphatic heterocycles. The maximum absolute atomic E-state index is 13.0. The van der Waals surface area contributed by atoms with E-state index in [9.17, 15) is 8.78 Å². The second-order valence-electron chi connectivity index (χ2n) is 2.36. The van der Waals surface area contributed by atoms with Crippen molar-refractivity contribution in [2.75, 3.05) is 5.73 Å². The smallest absolute Gasteiger partial charge is 0.192 e. The normalized spacial score (nSPS) is 10.8. The first-order valence-electron chi connectivity index (χ1n) is 3.26. The average Bonchev–Trinajstić information content (AvgIpc) is 2.48. The van der Waals surface area contributed by atoms with E-state index in [1.165, 1.54) is 16.8 Å². The number of nitrogens with two attached hydrogens (primary N) is 1. The first-order chi connectivity index (χ1) is 5.70. The molecule has 12 heavy (non-hydrogen) atoms. The van der Waals surface area contributed by atoms with Gasteiger partial charge >= 0.3 is 0 Å². The van der Waals surface area contributed by atoms with Crippen molar-refractivity contribution in [2.45, 2.75) is 0 Å². The van der Waals surface area contributed by atoms with Crippen molar-refractivity contribution in [2.24, 2.45) is 0 Å². The molecule has 3 nitrogen and oxygen atoms in total. The summed E-state index contributed by atoms with van der Waals surface area (Å²) in [5.74, 6) is -1.60. The van der Waals surface area contributed by atoms with Crippen LogP contribution in [-0.4, -0.2) is 9.38 Å². The number of imidazole rings is 1. The SMILES string of the molecule is Nc1c(F)cn2ccnc2c1F. The lowest BCUT2D eigenvalue weighted by Gasteiger charge is -1.99. The van der Waals surface area contributed by atoms with Crippen molar-refractivity contribution in [1.29, 1.82) is 0 Å². The number of pyridine rings is 1. The van der Waals surface area contributed by atoms with Gasteiger partial charge in [0.15, 0.2) is 17.3 Å². The van der Waals surface area contributed by atoms with Crippen molar-refractivity contribution >= 4 is 11.3 Å². The molecule has 0 saturated heterocycles. The van der Waals surface area contributed by atoms with Crippen LogP contribution in [-0.2, 0) is 0 Å². The Bertz CT molecular complexity index is 435. The van der Waals surface area contributed by atoms with Crippen LogP contribution < -0.4 is 5.73 Å². The van der Waals surface area contributed by atoms with Crippen LogP contribution in [0.5, 0.6) is 0 Å². The quantitative estimate of drug-likeness (QED) is 0.643. The molecule has 0 fully saturated rings. The topological polar surface area (TPSA) is 43.3 Å². The number of halogens is 2. The predicted octanol–water partition coefficient (Wildman–Crippen LogP) is 1.19. The molecule has 0 atom stereocenters. The highest BCUT2D eigenvalue weighted by molar-refractivity contribution is 5.54. The highest BCUT2D eigenvalue weighted by atomic mass is 19.1. The predicted molar refractivity (Wildman–Crippen MR) is 39.5 cm³/mol. The number of hydrogen-bond acceptors (Lipinski definition) is 2. The molecular weight excluding hydrogens is 164 g/mol. The summed E-state index contributed by atoms with van der Waals surface area (Å²) in [6.07, 6.45) is 3.90. The lowest BCUT2D eigenvalue weighted by Crippen LogP contribution is -1.99. The van der Waals surface area contributed by atoms with Crippen LogP contribution in [0.3, 0.4) is 0 Å². The summed E-state index contributed by atoms with van der Waals surface area (Å²) >= 11 is 0. The maximum Gasteiger partial charge on any atom is 0.192 e. The minimum Gasteiger partial charge on any atom is -0.394 e. The molecule has 0 amide bonds. The van der Waals surface area contributed by atoms with Gasteiger partial charge in [-0.25, -0.2) is 13.8 Å². The molecule has 2 aromatic heterocycles. The van der Waals surface area contributed by atoms with E-state index >= 15 is 0 Å². The van der Waals surface area contributed by atoms with E-state index in [0.29, 0.717) is 0 Å². The van der Waals surface area contributed by atoms with Gasteiger partial charge in [-0.1, -0.05) is 0 Å². The Morgan fingerprint density at radius 1 is 1.42 bits per heavy atom. The van der Waals surface area contributed by atoms with E-state index in [1.807, 2.05) is 0 Å². The summed E-state index contributed by atoms with van der Waals surface area (Å²) in [5, 5.41) is 0. The zero-order chi connectivity index (χ0) is 8.72. The Balaban J connectivity index is 2.94. The molecule has 0 unspecified atom stereocenters. The van der Waals surface area contributed by atoms with Gasteiger partial charge in [-0.2, -0.15) is 0 Å². The zero-order valence-corrected chi connectivity index (χ0v) is 5.96. The number of hydrogen-bond donors (Lipinski definition) is 1. The van der Waals surface area contributed by atoms with E-state index in [4.69, 9.17) is 5.73 Å². The molecule has 5 heteroatoms. The molecule has 0 aliphatic carbocycles. The summed E-state index contributed by atoms with van der Waals surface area (Å²) in [5.41, 5.74) is 4.65. The molecule has 62 valence electrons. The number of aromatic nitrogens is 2. The van der Waals surface area contributed by atoms with Gasteiger partial charge in [-0.15, -0.1) is 0 Å². The van der Waals surface area contributed by atoms with E-state index < -0.39 is 17.3 Å². The Kier molecular flexibility index (Phi) is 1.27. The standard InChI is InChI=1S/C7H5F2N3/c8-4-3-12-2-1-11-7(12)5(9)6(4)10/h1-3H,10H2. The van der Waals surface area contributed by atoms with Crippen molar-refractivity contribution in [3.63, 3.8) is 0 Å². The first-order valence-corrected chi connectivity index (χ1v) is 3.26. The minimum atomic E-state index is -0.819. The van der Waals surface area contributed by atoms with E-state index in [1.54, 1.807) is 0 Å². The third-order valence-corrected chi connectivity index (χ3v) is 1.61. The molecule has 0 bridgehead atoms. The largest absolute Gasteiger partial charge is 0.394 e. The number of nitrogen functional groups attached to an aromatic ring is 1. The van der Waals surface area contributed by atoms with Gasteiger partial charge in [-0.3, -0.25) is 0 Å². The molecule has 2 aromatic rings. The molecular formula is C7H5F2N3. The summed E-state index contributed by atoms with van der Waals surface area (Å²) in [7, 11) is 0. The number of anilines is 1. The summed E-state index contributed by atoms with van der Waals surface area (Å²) in [6.45, 7) is 0. The Hall–Kier alpha value is -1.65. The van der Waals surface area contributed by atoms with Crippen LogP contribution in [0.15, 0.2) is 18.6 Å². The molecule has 2 heterocycles. The summed E-state index contributed by atoms with van der Waals surface area (Å²) in [4.78, 5) is 3.66. The average molecular weight is 169 g/mol. The van der Waals surface area contributed by atoms with Crippen LogP contribution in [0.2, 0.25) is 0 Å². The van der Waals surface area contributed by atoms with Gasteiger partial charge in [-0.05, 0) is 0 Å². The van der Waals surface area contributed by atoms with Gasteiger partial charge in [0.1, 0.15) is 5.69 Å². The number of rotatable bonds is 0. The van der Waals surface area contributed by atoms with Crippen molar-refractivity contribution < 1.29 is 8.78 Å². The molecule has 2 N–H and O–H groups in total. The van der Waals surface area contributed by atoms with Crippen molar-refractivity contribution in [3.05, 3.63) is 30.2 Å². The van der Waals surface area contributed by atoms with Gasteiger partial charge < -0.3 is 10.1 Å². The fourth-order valence-electron chi connectivity index (χ4n) is 1.00. The first kappa shape index (κ1) is 7.02. The molecule has 0 aromatic carbocycles. The molecule has 2 rings (SSSR count). The van der Waals surface area contributed by atoms with Gasteiger partial charge in [0.2, 0.25) is 0 Å². The fourth-order valence-corrected chi connectivity index (χ4v) is 1.00. The molecule has 0 saturated carbocycles. The second kappa shape index (κ2) is 2.17. The molecule has 0 radical (unpaired) electrons. The molecule has 0 spiro atoms. The minimum absolute atomic E-state index is 0.0360. The number of nitrogens with zero attached hydrogens (tertiary/aromatic N) is 2. The Morgan fingerprint density at radius 3 is 2.92 bits per heavy atom. The lowest BCUT2D eigenvalue weighted by molar-refractivity contribution is 0.585. The van der Waals surface area contributed by atoms with Gasteiger partial charge in [0.25, 0.3) is 0 Å². The van der Waals surface area contributed by atoms with Crippen LogP contribution in [0.4, 0.5) is 14.5 Å². The fraction of sp³-hybridized carbons (Fsp3) is 0. The third kappa shape index (κ3) is 0.761. The van der Waals surface area contributed by atoms with Gasteiger partial charge in [0.05, 0.1) is 0 Å². The van der Waals surface area contributed by atoms with Crippen molar-refractivity contribution in [3.8, 4) is 0 Å². The number of fused-ring (bicyclic) bond motifs is 1. The lowest BCUT2D eigenvalue weighted by atomic mass is 10.4. The summed E-state index contributed by atoms with van der Waals surface area (Å²) < 4.78 is 27.1.